The van der Waals surface area contributed by atoms with Crippen LogP contribution in [0.25, 0.3) is 0 Å². The van der Waals surface area contributed by atoms with Gasteiger partial charge in [-0.3, -0.25) is 9.59 Å². The number of piperazine rings is 1. The van der Waals surface area contributed by atoms with Crippen molar-refractivity contribution in [1.82, 2.24) is 9.88 Å². The van der Waals surface area contributed by atoms with Crippen LogP contribution >= 0.6 is 0 Å². The summed E-state index contributed by atoms with van der Waals surface area (Å²) in [5, 5.41) is 0. The van der Waals surface area contributed by atoms with Gasteiger partial charge in [0, 0.05) is 39.0 Å². The number of pyridine rings is 1. The lowest BCUT2D eigenvalue weighted by atomic mass is 9.91. The molecular weight excluding hydrogens is 320 g/mol. The number of nitrogens with zero attached hydrogens (tertiary/aromatic N) is 3. The molecule has 0 aliphatic carbocycles. The van der Waals surface area contributed by atoms with Crippen molar-refractivity contribution in [2.75, 3.05) is 37.7 Å². The molecule has 1 aromatic heterocycles. The van der Waals surface area contributed by atoms with Gasteiger partial charge in [-0.2, -0.15) is 0 Å². The Morgan fingerprint density at radius 3 is 2.64 bits per heavy atom. The Hall–Kier alpha value is -2.15. The van der Waals surface area contributed by atoms with Crippen LogP contribution in [0.4, 0.5) is 5.82 Å². The second-order valence-corrected chi connectivity index (χ2v) is 6.65. The van der Waals surface area contributed by atoms with Crippen molar-refractivity contribution >= 4 is 17.6 Å². The van der Waals surface area contributed by atoms with Gasteiger partial charge in [0.2, 0.25) is 11.8 Å². The van der Waals surface area contributed by atoms with E-state index < -0.39 is 5.91 Å². The normalized spacial score (nSPS) is 24.2. The Bertz CT molecular complexity index is 611. The zero-order valence-electron chi connectivity index (χ0n) is 14.7. The van der Waals surface area contributed by atoms with Gasteiger partial charge in [0.25, 0.3) is 0 Å². The van der Waals surface area contributed by atoms with E-state index in [1.165, 1.54) is 6.20 Å². The van der Waals surface area contributed by atoms with Gasteiger partial charge in [-0.05, 0) is 31.4 Å². The first kappa shape index (κ1) is 17.7. The SMILES string of the molecule is CCC1OCCCC1C(=O)N1CCN(c2ccc(C(N)=O)cn2)CC1. The lowest BCUT2D eigenvalue weighted by Gasteiger charge is -2.39. The minimum absolute atomic E-state index is 0.00160. The number of nitrogens with two attached hydrogens (primary N) is 1. The standard InChI is InChI=1S/C18H26N4O3/c1-2-15-14(4-3-11-25-15)18(24)22-9-7-21(8-10-22)16-6-5-13(12-20-16)17(19)23/h5-6,12,14-15H,2-4,7-11H2,1H3,(H2,19,23). The monoisotopic (exact) mass is 346 g/mol. The molecule has 0 aromatic carbocycles. The molecule has 25 heavy (non-hydrogen) atoms. The highest BCUT2D eigenvalue weighted by molar-refractivity contribution is 5.92. The van der Waals surface area contributed by atoms with Crippen LogP contribution in [0, 0.1) is 5.92 Å². The molecule has 7 heteroatoms. The lowest BCUT2D eigenvalue weighted by Crippen LogP contribution is -2.52. The van der Waals surface area contributed by atoms with E-state index in [4.69, 9.17) is 10.5 Å². The fraction of sp³-hybridized carbons (Fsp3) is 0.611. The van der Waals surface area contributed by atoms with Crippen molar-refractivity contribution in [3.05, 3.63) is 23.9 Å². The maximum absolute atomic E-state index is 12.8. The molecule has 2 atom stereocenters. The second-order valence-electron chi connectivity index (χ2n) is 6.65. The Balaban J connectivity index is 1.57. The molecule has 0 bridgehead atoms. The summed E-state index contributed by atoms with van der Waals surface area (Å²) < 4.78 is 5.77. The number of carbonyl (C=O) groups excluding carboxylic acids is 2. The first-order valence-corrected chi connectivity index (χ1v) is 9.01. The number of ether oxygens (including phenoxy) is 1. The van der Waals surface area contributed by atoms with E-state index in [2.05, 4.69) is 16.8 Å². The van der Waals surface area contributed by atoms with Crippen LogP contribution in [0.3, 0.4) is 0 Å². The zero-order chi connectivity index (χ0) is 17.8. The van der Waals surface area contributed by atoms with Crippen molar-refractivity contribution in [2.24, 2.45) is 11.7 Å². The summed E-state index contributed by atoms with van der Waals surface area (Å²) in [6, 6.07) is 3.49. The van der Waals surface area contributed by atoms with Crippen LogP contribution in [-0.2, 0) is 9.53 Å². The van der Waals surface area contributed by atoms with Crippen molar-refractivity contribution in [3.63, 3.8) is 0 Å². The first-order valence-electron chi connectivity index (χ1n) is 9.01. The third-order valence-electron chi connectivity index (χ3n) is 5.11. The van der Waals surface area contributed by atoms with Gasteiger partial charge in [0.05, 0.1) is 17.6 Å². The number of hydrogen-bond acceptors (Lipinski definition) is 5. The second kappa shape index (κ2) is 7.82. The van der Waals surface area contributed by atoms with E-state index in [1.807, 2.05) is 4.90 Å². The molecule has 2 N–H and O–H groups in total. The fourth-order valence-corrected chi connectivity index (χ4v) is 3.63. The molecule has 1 aromatic rings. The summed E-state index contributed by atoms with van der Waals surface area (Å²) in [5.41, 5.74) is 5.64. The predicted molar refractivity (Wildman–Crippen MR) is 94.3 cm³/mol. The molecule has 2 amide bonds. The molecule has 2 fully saturated rings. The van der Waals surface area contributed by atoms with Crippen LogP contribution in [0.5, 0.6) is 0 Å². The van der Waals surface area contributed by atoms with Crippen LogP contribution < -0.4 is 10.6 Å². The Kier molecular flexibility index (Phi) is 5.53. The number of hydrogen-bond donors (Lipinski definition) is 1. The molecule has 3 rings (SSSR count). The van der Waals surface area contributed by atoms with Gasteiger partial charge < -0.3 is 20.3 Å². The third-order valence-corrected chi connectivity index (χ3v) is 5.11. The van der Waals surface area contributed by atoms with Crippen LogP contribution in [0.1, 0.15) is 36.5 Å². The molecule has 2 aliphatic rings. The number of rotatable bonds is 4. The number of anilines is 1. The summed E-state index contributed by atoms with van der Waals surface area (Å²) in [6.07, 6.45) is 4.33. The largest absolute Gasteiger partial charge is 0.377 e. The maximum Gasteiger partial charge on any atom is 0.250 e. The van der Waals surface area contributed by atoms with Gasteiger partial charge in [-0.15, -0.1) is 0 Å². The van der Waals surface area contributed by atoms with E-state index in [1.54, 1.807) is 12.1 Å². The van der Waals surface area contributed by atoms with E-state index in [0.717, 1.165) is 44.8 Å². The minimum Gasteiger partial charge on any atom is -0.377 e. The van der Waals surface area contributed by atoms with Crippen molar-refractivity contribution in [2.45, 2.75) is 32.3 Å². The third kappa shape index (κ3) is 3.92. The maximum atomic E-state index is 12.8. The van der Waals surface area contributed by atoms with Crippen LogP contribution in [0.2, 0.25) is 0 Å². The molecule has 136 valence electrons. The number of carbonyl (C=O) groups is 2. The zero-order valence-corrected chi connectivity index (χ0v) is 14.7. The lowest BCUT2D eigenvalue weighted by molar-refractivity contribution is -0.145. The van der Waals surface area contributed by atoms with Crippen LogP contribution in [-0.4, -0.2) is 60.6 Å². The smallest absolute Gasteiger partial charge is 0.250 e. The molecule has 3 heterocycles. The summed E-state index contributed by atoms with van der Waals surface area (Å²) in [7, 11) is 0. The number of amides is 2. The summed E-state index contributed by atoms with van der Waals surface area (Å²) in [6.45, 7) is 5.69. The molecule has 2 aliphatic heterocycles. The molecule has 2 saturated heterocycles. The first-order chi connectivity index (χ1) is 12.1. The molecule has 0 saturated carbocycles. The topological polar surface area (TPSA) is 88.8 Å². The average molecular weight is 346 g/mol. The average Bonchev–Trinajstić information content (AvgIpc) is 2.67. The number of aromatic nitrogens is 1. The fourth-order valence-electron chi connectivity index (χ4n) is 3.63. The molecule has 7 nitrogen and oxygen atoms in total. The Labute approximate surface area is 148 Å². The quantitative estimate of drug-likeness (QED) is 0.880. The van der Waals surface area contributed by atoms with E-state index in [0.29, 0.717) is 18.7 Å². The van der Waals surface area contributed by atoms with E-state index in [-0.39, 0.29) is 17.9 Å². The van der Waals surface area contributed by atoms with Crippen LogP contribution in [0.15, 0.2) is 18.3 Å². The minimum atomic E-state index is -0.477. The van der Waals surface area contributed by atoms with Gasteiger partial charge >= 0.3 is 0 Å². The van der Waals surface area contributed by atoms with Gasteiger partial charge in [0.15, 0.2) is 0 Å². The predicted octanol–water partition coefficient (Wildman–Crippen LogP) is 1.03. The molecular formula is C18H26N4O3. The highest BCUT2D eigenvalue weighted by Crippen LogP contribution is 2.26. The van der Waals surface area contributed by atoms with E-state index >= 15 is 0 Å². The summed E-state index contributed by atoms with van der Waals surface area (Å²) in [4.78, 5) is 32.4. The number of primary amides is 1. The van der Waals surface area contributed by atoms with Crippen molar-refractivity contribution in [1.29, 1.82) is 0 Å². The van der Waals surface area contributed by atoms with Gasteiger partial charge in [-0.25, -0.2) is 4.98 Å². The van der Waals surface area contributed by atoms with Gasteiger partial charge in [0.1, 0.15) is 5.82 Å². The van der Waals surface area contributed by atoms with Crippen molar-refractivity contribution in [3.8, 4) is 0 Å². The van der Waals surface area contributed by atoms with E-state index in [9.17, 15) is 9.59 Å². The van der Waals surface area contributed by atoms with Crippen molar-refractivity contribution < 1.29 is 14.3 Å². The Morgan fingerprint density at radius 1 is 1.28 bits per heavy atom. The highest BCUT2D eigenvalue weighted by Gasteiger charge is 2.34. The van der Waals surface area contributed by atoms with Gasteiger partial charge in [-0.1, -0.05) is 6.92 Å². The highest BCUT2D eigenvalue weighted by atomic mass is 16.5. The molecule has 0 spiro atoms. The Morgan fingerprint density at radius 2 is 2.04 bits per heavy atom. The summed E-state index contributed by atoms with van der Waals surface area (Å²) >= 11 is 0. The summed E-state index contributed by atoms with van der Waals surface area (Å²) in [5.74, 6) is 0.556. The molecule has 2 unspecified atom stereocenters. The molecule has 0 radical (unpaired) electrons.